The number of nitrogens with one attached hydrogen (secondary N) is 1. The molecule has 0 radical (unpaired) electrons. The lowest BCUT2D eigenvalue weighted by Gasteiger charge is -2.21. The van der Waals surface area contributed by atoms with Crippen LogP contribution >= 0.6 is 11.6 Å². The first-order valence-electron chi connectivity index (χ1n) is 6.98. The molecule has 0 aliphatic rings. The maximum absolute atomic E-state index is 12.1. The Morgan fingerprint density at radius 3 is 2.43 bits per heavy atom. The lowest BCUT2D eigenvalue weighted by Crippen LogP contribution is -2.37. The number of hydrogen-bond acceptors (Lipinski definition) is 3. The lowest BCUT2D eigenvalue weighted by molar-refractivity contribution is -0.116. The van der Waals surface area contributed by atoms with Crippen molar-refractivity contribution in [2.75, 3.05) is 18.0 Å². The van der Waals surface area contributed by atoms with Crippen LogP contribution in [0.3, 0.4) is 0 Å². The lowest BCUT2D eigenvalue weighted by atomic mass is 10.3. The third kappa shape index (κ3) is 4.79. The predicted octanol–water partition coefficient (Wildman–Crippen LogP) is 2.67. The number of rotatable bonds is 6. The first kappa shape index (κ1) is 17.5. The van der Waals surface area contributed by atoms with Crippen molar-refractivity contribution in [3.63, 3.8) is 0 Å². The molecule has 23 heavy (non-hydrogen) atoms. The molecule has 0 fully saturated rings. The first-order valence-corrected chi connectivity index (χ1v) is 8.84. The molecule has 1 amide bonds. The van der Waals surface area contributed by atoms with Crippen LogP contribution < -0.4 is 9.62 Å². The molecule has 2 aromatic rings. The second kappa shape index (κ2) is 7.59. The van der Waals surface area contributed by atoms with Gasteiger partial charge in [0.1, 0.15) is 0 Å². The zero-order valence-corrected chi connectivity index (χ0v) is 14.1. The van der Waals surface area contributed by atoms with Gasteiger partial charge in [0.15, 0.2) is 0 Å². The molecule has 2 aromatic carbocycles. The van der Waals surface area contributed by atoms with E-state index in [1.54, 1.807) is 42.5 Å². The minimum Gasteiger partial charge on any atom is -0.311 e. The summed E-state index contributed by atoms with van der Waals surface area (Å²) < 4.78 is 26.8. The zero-order chi connectivity index (χ0) is 16.9. The first-order chi connectivity index (χ1) is 10.9. The van der Waals surface area contributed by atoms with Crippen molar-refractivity contribution < 1.29 is 13.2 Å². The molecule has 0 saturated heterocycles. The van der Waals surface area contributed by atoms with Gasteiger partial charge in [-0.05, 0) is 30.3 Å². The van der Waals surface area contributed by atoms with E-state index < -0.39 is 10.0 Å². The third-order valence-corrected chi connectivity index (χ3v) is 4.89. The molecule has 0 saturated carbocycles. The highest BCUT2D eigenvalue weighted by Crippen LogP contribution is 2.19. The molecular formula is C16H17ClN2O3S. The molecule has 0 aliphatic carbocycles. The normalized spacial score (nSPS) is 11.2. The molecule has 0 bridgehead atoms. The topological polar surface area (TPSA) is 66.5 Å². The fourth-order valence-corrected chi connectivity index (χ4v) is 3.31. The number of anilines is 1. The quantitative estimate of drug-likeness (QED) is 0.869. The third-order valence-electron chi connectivity index (χ3n) is 3.18. The fourth-order valence-electron chi connectivity index (χ4n) is 2.09. The van der Waals surface area contributed by atoms with Gasteiger partial charge in [-0.1, -0.05) is 35.9 Å². The van der Waals surface area contributed by atoms with Crippen molar-refractivity contribution in [2.45, 2.75) is 11.8 Å². The van der Waals surface area contributed by atoms with Gasteiger partial charge in [-0.2, -0.15) is 0 Å². The van der Waals surface area contributed by atoms with E-state index >= 15 is 0 Å². The Morgan fingerprint density at radius 2 is 1.83 bits per heavy atom. The number of halogens is 1. The van der Waals surface area contributed by atoms with E-state index in [9.17, 15) is 13.2 Å². The van der Waals surface area contributed by atoms with Crippen LogP contribution in [0.1, 0.15) is 6.92 Å². The Hall–Kier alpha value is -1.89. The second-order valence-corrected chi connectivity index (χ2v) is 7.06. The highest BCUT2D eigenvalue weighted by molar-refractivity contribution is 7.89. The van der Waals surface area contributed by atoms with Gasteiger partial charge >= 0.3 is 0 Å². The number of amides is 1. The van der Waals surface area contributed by atoms with Crippen molar-refractivity contribution >= 4 is 33.2 Å². The van der Waals surface area contributed by atoms with Gasteiger partial charge in [-0.15, -0.1) is 0 Å². The summed E-state index contributed by atoms with van der Waals surface area (Å²) in [6.45, 7) is 1.73. The minimum absolute atomic E-state index is 0.101. The maximum atomic E-state index is 12.1. The van der Waals surface area contributed by atoms with Crippen LogP contribution in [-0.4, -0.2) is 27.4 Å². The summed E-state index contributed by atoms with van der Waals surface area (Å²) in [5, 5.41) is 0.513. The molecule has 122 valence electrons. The van der Waals surface area contributed by atoms with Crippen molar-refractivity contribution in [3.8, 4) is 0 Å². The number of benzene rings is 2. The Kier molecular flexibility index (Phi) is 5.76. The van der Waals surface area contributed by atoms with Crippen LogP contribution in [0.2, 0.25) is 5.02 Å². The van der Waals surface area contributed by atoms with Crippen LogP contribution in [0.5, 0.6) is 0 Å². The van der Waals surface area contributed by atoms with E-state index in [2.05, 4.69) is 4.72 Å². The van der Waals surface area contributed by atoms with Gasteiger partial charge < -0.3 is 4.90 Å². The van der Waals surface area contributed by atoms with Crippen LogP contribution in [0.25, 0.3) is 0 Å². The molecule has 0 unspecified atom stereocenters. The molecule has 0 spiro atoms. The van der Waals surface area contributed by atoms with Crippen molar-refractivity contribution in [3.05, 3.63) is 59.6 Å². The van der Waals surface area contributed by atoms with Crippen LogP contribution in [0, 0.1) is 0 Å². The van der Waals surface area contributed by atoms with Crippen molar-refractivity contribution in [1.82, 2.24) is 4.72 Å². The Morgan fingerprint density at radius 1 is 1.13 bits per heavy atom. The van der Waals surface area contributed by atoms with E-state index in [0.717, 1.165) is 0 Å². The van der Waals surface area contributed by atoms with Crippen molar-refractivity contribution in [1.29, 1.82) is 0 Å². The van der Waals surface area contributed by atoms with Crippen LogP contribution in [-0.2, 0) is 14.8 Å². The molecule has 0 heterocycles. The molecule has 0 atom stereocenters. The summed E-state index contributed by atoms with van der Waals surface area (Å²) in [7, 11) is -3.59. The average Bonchev–Trinajstić information content (AvgIpc) is 2.52. The van der Waals surface area contributed by atoms with Gasteiger partial charge in [-0.25, -0.2) is 13.1 Å². The summed E-state index contributed by atoms with van der Waals surface area (Å²) >= 11 is 5.93. The number of carbonyl (C=O) groups excluding carboxylic acids is 1. The zero-order valence-electron chi connectivity index (χ0n) is 12.6. The molecule has 2 rings (SSSR count). The Balaban J connectivity index is 2.04. The molecule has 5 nitrogen and oxygen atoms in total. The maximum Gasteiger partial charge on any atom is 0.240 e. The van der Waals surface area contributed by atoms with E-state index in [4.69, 9.17) is 11.6 Å². The monoisotopic (exact) mass is 352 g/mol. The second-order valence-electron chi connectivity index (χ2n) is 4.86. The Labute approximate surface area is 140 Å². The molecule has 0 aromatic heterocycles. The van der Waals surface area contributed by atoms with E-state index in [0.29, 0.717) is 10.7 Å². The molecular weight excluding hydrogens is 336 g/mol. The van der Waals surface area contributed by atoms with Crippen LogP contribution in [0.15, 0.2) is 59.5 Å². The van der Waals surface area contributed by atoms with Gasteiger partial charge in [0, 0.05) is 30.7 Å². The number of sulfonamides is 1. The Bertz CT molecular complexity index is 779. The summed E-state index contributed by atoms with van der Waals surface area (Å²) in [5.74, 6) is -0.189. The van der Waals surface area contributed by atoms with Crippen molar-refractivity contribution in [2.24, 2.45) is 0 Å². The van der Waals surface area contributed by atoms with E-state index in [-0.39, 0.29) is 23.9 Å². The summed E-state index contributed by atoms with van der Waals surface area (Å²) in [4.78, 5) is 13.5. The van der Waals surface area contributed by atoms with Crippen LogP contribution in [0.4, 0.5) is 5.69 Å². The largest absolute Gasteiger partial charge is 0.311 e. The number of hydrogen-bond donors (Lipinski definition) is 1. The van der Waals surface area contributed by atoms with Gasteiger partial charge in [0.2, 0.25) is 15.9 Å². The number of carbonyl (C=O) groups is 1. The standard InChI is InChI=1S/C16H17ClN2O3S/c1-13(20)19(15-7-5-6-14(17)12-15)11-10-18-23(21,22)16-8-3-2-4-9-16/h2-9,12,18H,10-11H2,1H3. The molecule has 1 N–H and O–H groups in total. The smallest absolute Gasteiger partial charge is 0.240 e. The van der Waals surface area contributed by atoms with Gasteiger partial charge in [0.25, 0.3) is 0 Å². The van der Waals surface area contributed by atoms with Gasteiger partial charge in [-0.3, -0.25) is 4.79 Å². The summed E-state index contributed by atoms with van der Waals surface area (Å²) in [5.41, 5.74) is 0.629. The summed E-state index contributed by atoms with van der Waals surface area (Å²) in [6.07, 6.45) is 0. The van der Waals surface area contributed by atoms with E-state index in [1.165, 1.54) is 24.0 Å². The van der Waals surface area contributed by atoms with Gasteiger partial charge in [0.05, 0.1) is 4.90 Å². The SMILES string of the molecule is CC(=O)N(CCNS(=O)(=O)c1ccccc1)c1cccc(Cl)c1. The van der Waals surface area contributed by atoms with E-state index in [1.807, 2.05) is 0 Å². The number of nitrogens with zero attached hydrogens (tertiary/aromatic N) is 1. The minimum atomic E-state index is -3.59. The predicted molar refractivity (Wildman–Crippen MR) is 91.1 cm³/mol. The summed E-state index contributed by atoms with van der Waals surface area (Å²) in [6, 6.07) is 14.9. The molecule has 0 aliphatic heterocycles. The average molecular weight is 353 g/mol. The highest BCUT2D eigenvalue weighted by Gasteiger charge is 2.16. The fraction of sp³-hybridized carbons (Fsp3) is 0.188. The molecule has 7 heteroatoms. The highest BCUT2D eigenvalue weighted by atomic mass is 35.5.